The van der Waals surface area contributed by atoms with Gasteiger partial charge >= 0.3 is 5.97 Å². The molecule has 0 radical (unpaired) electrons. The molecule has 5 rings (SSSR count). The van der Waals surface area contributed by atoms with E-state index < -0.39 is 23.5 Å². The van der Waals surface area contributed by atoms with E-state index in [9.17, 15) is 29.1 Å². The van der Waals surface area contributed by atoms with Gasteiger partial charge in [0.15, 0.2) is 5.43 Å². The Balaban J connectivity index is 0.000000289. The molecule has 0 spiro atoms. The van der Waals surface area contributed by atoms with Crippen molar-refractivity contribution in [3.8, 4) is 17.0 Å². The lowest BCUT2D eigenvalue weighted by Crippen LogP contribution is -2.60. The van der Waals surface area contributed by atoms with Crippen molar-refractivity contribution in [3.63, 3.8) is 0 Å². The molecule has 12 heteroatoms. The molecule has 2 heterocycles. The Bertz CT molecular complexity index is 1610. The van der Waals surface area contributed by atoms with Crippen molar-refractivity contribution < 1.29 is 33.8 Å². The number of aromatic amines is 1. The van der Waals surface area contributed by atoms with E-state index in [2.05, 4.69) is 29.5 Å². The number of pyridine rings is 1. The maximum atomic E-state index is 12.6. The molecule has 2 aliphatic rings. The zero-order valence-corrected chi connectivity index (χ0v) is 31.2. The van der Waals surface area contributed by atoms with Crippen LogP contribution < -0.4 is 20.8 Å². The van der Waals surface area contributed by atoms with Gasteiger partial charge in [0.2, 0.25) is 18.2 Å². The first-order valence-corrected chi connectivity index (χ1v) is 17.6. The molecule has 3 amide bonds. The van der Waals surface area contributed by atoms with Crippen LogP contribution in [0.3, 0.4) is 0 Å². The highest BCUT2D eigenvalue weighted by Crippen LogP contribution is 2.30. The van der Waals surface area contributed by atoms with Crippen molar-refractivity contribution in [2.45, 2.75) is 103 Å². The summed E-state index contributed by atoms with van der Waals surface area (Å²) in [5.41, 5.74) is 1.42. The zero-order chi connectivity index (χ0) is 38.0. The topological polar surface area (TPSA) is 167 Å². The summed E-state index contributed by atoms with van der Waals surface area (Å²) in [4.78, 5) is 63.3. The number of H-pyrrole nitrogens is 1. The van der Waals surface area contributed by atoms with Gasteiger partial charge < -0.3 is 35.1 Å². The summed E-state index contributed by atoms with van der Waals surface area (Å²) < 4.78 is 10.1. The summed E-state index contributed by atoms with van der Waals surface area (Å²) in [5, 5.41) is 15.2. The molecule has 1 aromatic heterocycles. The van der Waals surface area contributed by atoms with Crippen LogP contribution in [0.1, 0.15) is 86.0 Å². The lowest BCUT2D eigenvalue weighted by molar-refractivity contribution is -0.150. The van der Waals surface area contributed by atoms with E-state index in [-0.39, 0.29) is 23.5 Å². The standard InChI is InChI=1S/C16H13NO2.C15H23N3O5.C5H12O.C3H8/c1-19-12-7-8-13-15(9-12)17-14(10-16(13)18)11-5-3-2-4-6-11;19-10-16-9-12(20)18-8-4-5-11(18)13(21)17-15(14(22)23)6-2-1-3-7-15;1-5(2,3)6-4;1-3-2/h2-10H,1H3,(H,17,18);10-11H,1-9H2,(H,16,19)(H,17,21)(H,22,23);1-4H3;3H2,1-2H3. The number of methoxy groups -OCH3 is 2. The number of carboxylic acid groups (broad SMARTS) is 1. The Morgan fingerprint density at radius 1 is 1.00 bits per heavy atom. The molecule has 1 aliphatic carbocycles. The average Bonchev–Trinajstić information content (AvgIpc) is 3.62. The van der Waals surface area contributed by atoms with Crippen LogP contribution in [0.15, 0.2) is 59.4 Å². The minimum atomic E-state index is -1.21. The second kappa shape index (κ2) is 20.8. The van der Waals surface area contributed by atoms with E-state index >= 15 is 0 Å². The summed E-state index contributed by atoms with van der Waals surface area (Å²) in [6.45, 7) is 10.6. The Labute approximate surface area is 301 Å². The number of rotatable bonds is 8. The van der Waals surface area contributed by atoms with Crippen LogP contribution in [0.2, 0.25) is 0 Å². The number of hydrogen-bond donors (Lipinski definition) is 4. The number of nitrogens with one attached hydrogen (secondary N) is 3. The van der Waals surface area contributed by atoms with Crippen LogP contribution in [0.5, 0.6) is 5.75 Å². The molecular weight excluding hydrogens is 652 g/mol. The first kappa shape index (κ1) is 42.5. The molecule has 51 heavy (non-hydrogen) atoms. The first-order valence-electron chi connectivity index (χ1n) is 17.6. The predicted molar refractivity (Wildman–Crippen MR) is 200 cm³/mol. The predicted octanol–water partition coefficient (Wildman–Crippen LogP) is 5.68. The van der Waals surface area contributed by atoms with Crippen LogP contribution in [0, 0.1) is 0 Å². The Kier molecular flexibility index (Phi) is 17.4. The van der Waals surface area contributed by atoms with Gasteiger partial charge in [-0.25, -0.2) is 4.79 Å². The smallest absolute Gasteiger partial charge is 0.329 e. The van der Waals surface area contributed by atoms with Gasteiger partial charge in [0.05, 0.1) is 24.8 Å². The monoisotopic (exact) mass is 708 g/mol. The molecule has 1 saturated heterocycles. The second-order valence-corrected chi connectivity index (χ2v) is 13.5. The van der Waals surface area contributed by atoms with Crippen molar-refractivity contribution >= 4 is 35.1 Å². The third-order valence-electron chi connectivity index (χ3n) is 8.43. The number of aliphatic carboxylic acids is 1. The number of aromatic nitrogens is 1. The van der Waals surface area contributed by atoms with Gasteiger partial charge in [-0.1, -0.05) is 69.9 Å². The molecule has 1 atom stereocenters. The number of ether oxygens (including phenoxy) is 2. The van der Waals surface area contributed by atoms with Crippen LogP contribution in [-0.2, 0) is 23.9 Å². The minimum absolute atomic E-state index is 0.00950. The number of nitrogens with zero attached hydrogens (tertiary/aromatic N) is 1. The number of hydrogen-bond acceptors (Lipinski definition) is 7. The van der Waals surface area contributed by atoms with E-state index in [0.29, 0.717) is 44.0 Å². The molecular formula is C39H56N4O8. The van der Waals surface area contributed by atoms with Gasteiger partial charge in [0.25, 0.3) is 0 Å². The van der Waals surface area contributed by atoms with Crippen LogP contribution in [0.4, 0.5) is 0 Å². The highest BCUT2D eigenvalue weighted by atomic mass is 16.5. The number of carbonyl (C=O) groups excluding carboxylic acids is 3. The van der Waals surface area contributed by atoms with Gasteiger partial charge in [0, 0.05) is 36.9 Å². The summed E-state index contributed by atoms with van der Waals surface area (Å²) in [7, 11) is 3.32. The third kappa shape index (κ3) is 13.2. The second-order valence-electron chi connectivity index (χ2n) is 13.5. The van der Waals surface area contributed by atoms with E-state index in [1.165, 1.54) is 11.3 Å². The molecule has 3 aromatic rings. The van der Waals surface area contributed by atoms with Gasteiger partial charge in [-0.15, -0.1) is 0 Å². The van der Waals surface area contributed by atoms with Crippen LogP contribution in [0.25, 0.3) is 22.2 Å². The maximum Gasteiger partial charge on any atom is 0.329 e. The number of likely N-dealkylation sites (tertiary alicyclic amines) is 1. The van der Waals surface area contributed by atoms with Crippen LogP contribution in [-0.4, -0.2) is 83.7 Å². The fourth-order valence-corrected chi connectivity index (χ4v) is 5.57. The van der Waals surface area contributed by atoms with E-state index in [0.717, 1.165) is 41.8 Å². The van der Waals surface area contributed by atoms with E-state index in [4.69, 9.17) is 9.47 Å². The number of carboxylic acids is 1. The Hall–Kier alpha value is -4.71. The van der Waals surface area contributed by atoms with E-state index in [1.54, 1.807) is 32.4 Å². The van der Waals surface area contributed by atoms with Crippen molar-refractivity contribution in [1.82, 2.24) is 20.5 Å². The van der Waals surface area contributed by atoms with Crippen molar-refractivity contribution in [2.75, 3.05) is 27.3 Å². The van der Waals surface area contributed by atoms with Gasteiger partial charge in [-0.3, -0.25) is 19.2 Å². The molecule has 0 bridgehead atoms. The average molecular weight is 709 g/mol. The number of carbonyl (C=O) groups is 4. The molecule has 4 N–H and O–H groups in total. The number of amides is 3. The summed E-state index contributed by atoms with van der Waals surface area (Å²) in [5.74, 6) is -1.02. The molecule has 12 nitrogen and oxygen atoms in total. The summed E-state index contributed by atoms with van der Waals surface area (Å²) in [6.07, 6.45) is 6.22. The highest BCUT2D eigenvalue weighted by Gasteiger charge is 2.44. The van der Waals surface area contributed by atoms with Crippen molar-refractivity contribution in [3.05, 3.63) is 64.8 Å². The van der Waals surface area contributed by atoms with Crippen molar-refractivity contribution in [2.24, 2.45) is 0 Å². The minimum Gasteiger partial charge on any atom is -0.497 e. The fraction of sp³-hybridized carbons (Fsp3) is 0.513. The van der Waals surface area contributed by atoms with Crippen LogP contribution >= 0.6 is 0 Å². The SMILES string of the molecule is CCC.COC(C)(C)C.COc1ccc2c(=O)cc(-c3ccccc3)[nH]c2c1.O=CNCC(=O)N1CCCC1C(=O)NC1(C(=O)O)CCCCC1. The lowest BCUT2D eigenvalue weighted by Gasteiger charge is -2.36. The third-order valence-corrected chi connectivity index (χ3v) is 8.43. The summed E-state index contributed by atoms with van der Waals surface area (Å²) in [6, 6.07) is 16.2. The normalized spacial score (nSPS) is 16.1. The molecule has 2 fully saturated rings. The first-order chi connectivity index (χ1) is 24.2. The van der Waals surface area contributed by atoms with Crippen molar-refractivity contribution in [1.29, 1.82) is 0 Å². The van der Waals surface area contributed by atoms with E-state index in [1.807, 2.05) is 57.2 Å². The molecule has 1 unspecified atom stereocenters. The molecule has 1 saturated carbocycles. The largest absolute Gasteiger partial charge is 0.497 e. The van der Waals surface area contributed by atoms with Gasteiger partial charge in [-0.05, 0) is 64.2 Å². The lowest BCUT2D eigenvalue weighted by atomic mass is 9.81. The number of benzene rings is 2. The Morgan fingerprint density at radius 3 is 2.18 bits per heavy atom. The molecule has 2 aromatic carbocycles. The number of fused-ring (bicyclic) bond motifs is 1. The Morgan fingerprint density at radius 2 is 1.63 bits per heavy atom. The summed E-state index contributed by atoms with van der Waals surface area (Å²) >= 11 is 0. The highest BCUT2D eigenvalue weighted by molar-refractivity contribution is 5.93. The van der Waals surface area contributed by atoms with Gasteiger partial charge in [-0.2, -0.15) is 0 Å². The zero-order valence-electron chi connectivity index (χ0n) is 31.2. The molecule has 1 aliphatic heterocycles. The quantitative estimate of drug-likeness (QED) is 0.217. The maximum absolute atomic E-state index is 12.6. The molecule has 280 valence electrons. The van der Waals surface area contributed by atoms with Gasteiger partial charge in [0.1, 0.15) is 17.3 Å². The fourth-order valence-electron chi connectivity index (χ4n) is 5.57.